The highest BCUT2D eigenvalue weighted by Gasteiger charge is 2.25. The van der Waals surface area contributed by atoms with Crippen LogP contribution in [0.1, 0.15) is 30.9 Å². The van der Waals surface area contributed by atoms with Crippen LogP contribution in [0.4, 0.5) is 0 Å². The number of ether oxygens (including phenoxy) is 2. The molecule has 0 aromatic heterocycles. The van der Waals surface area contributed by atoms with Crippen molar-refractivity contribution >= 4 is 5.96 Å². The van der Waals surface area contributed by atoms with E-state index in [1.165, 1.54) is 18.4 Å². The van der Waals surface area contributed by atoms with Crippen LogP contribution in [-0.4, -0.2) is 81.9 Å². The molecule has 0 aliphatic carbocycles. The third-order valence-corrected chi connectivity index (χ3v) is 5.57. The fourth-order valence-electron chi connectivity index (χ4n) is 3.99. The van der Waals surface area contributed by atoms with Crippen LogP contribution in [-0.2, 0) is 4.74 Å². The molecule has 2 fully saturated rings. The molecule has 7 heteroatoms. The fraction of sp³-hybridized carbons (Fsp3) is 0.667. The van der Waals surface area contributed by atoms with Crippen molar-refractivity contribution in [1.29, 1.82) is 0 Å². The Morgan fingerprint density at radius 2 is 1.96 bits per heavy atom. The Morgan fingerprint density at radius 3 is 2.71 bits per heavy atom. The maximum absolute atomic E-state index is 6.14. The van der Waals surface area contributed by atoms with E-state index >= 15 is 0 Å². The van der Waals surface area contributed by atoms with Gasteiger partial charge in [-0.05, 0) is 45.0 Å². The van der Waals surface area contributed by atoms with E-state index in [9.17, 15) is 0 Å². The van der Waals surface area contributed by atoms with Crippen molar-refractivity contribution in [3.8, 4) is 5.75 Å². The SMILES string of the molecule is COc1ccccc1C(CN=C(N)NCCCN1CCOCC1)N1CCCC1. The molecule has 1 unspecified atom stereocenters. The average Bonchev–Trinajstić information content (AvgIpc) is 3.27. The summed E-state index contributed by atoms with van der Waals surface area (Å²) in [5.41, 5.74) is 7.33. The topological polar surface area (TPSA) is 75.3 Å². The summed E-state index contributed by atoms with van der Waals surface area (Å²) in [6.07, 6.45) is 3.54. The second-order valence-corrected chi connectivity index (χ2v) is 7.46. The first-order valence-electron chi connectivity index (χ1n) is 10.5. The van der Waals surface area contributed by atoms with Gasteiger partial charge in [-0.2, -0.15) is 0 Å². The van der Waals surface area contributed by atoms with E-state index in [1.807, 2.05) is 12.1 Å². The van der Waals surface area contributed by atoms with Crippen molar-refractivity contribution < 1.29 is 9.47 Å². The van der Waals surface area contributed by atoms with E-state index in [2.05, 4.69) is 32.2 Å². The molecular formula is C21H35N5O2. The van der Waals surface area contributed by atoms with E-state index < -0.39 is 0 Å². The molecule has 1 aromatic carbocycles. The van der Waals surface area contributed by atoms with Crippen molar-refractivity contribution in [3.05, 3.63) is 29.8 Å². The Bertz CT molecular complexity index is 613. The predicted octanol–water partition coefficient (Wildman–Crippen LogP) is 1.46. The van der Waals surface area contributed by atoms with Gasteiger partial charge < -0.3 is 20.5 Å². The number of benzene rings is 1. The summed E-state index contributed by atoms with van der Waals surface area (Å²) in [5.74, 6) is 1.45. The van der Waals surface area contributed by atoms with Crippen molar-refractivity contribution in [1.82, 2.24) is 15.1 Å². The zero-order valence-electron chi connectivity index (χ0n) is 17.1. The van der Waals surface area contributed by atoms with E-state index in [0.717, 1.165) is 64.7 Å². The number of hydrogen-bond acceptors (Lipinski definition) is 5. The molecule has 7 nitrogen and oxygen atoms in total. The Labute approximate surface area is 168 Å². The maximum atomic E-state index is 6.14. The molecular weight excluding hydrogens is 354 g/mol. The Morgan fingerprint density at radius 1 is 1.21 bits per heavy atom. The van der Waals surface area contributed by atoms with E-state index in [0.29, 0.717) is 12.5 Å². The van der Waals surface area contributed by atoms with Crippen molar-refractivity contribution in [2.75, 3.05) is 66.1 Å². The number of aliphatic imine (C=N–C) groups is 1. The zero-order chi connectivity index (χ0) is 19.6. The van der Waals surface area contributed by atoms with Crippen LogP contribution in [0.2, 0.25) is 0 Å². The normalized spacial score (nSPS) is 20.2. The predicted molar refractivity (Wildman–Crippen MR) is 113 cm³/mol. The number of likely N-dealkylation sites (tertiary alicyclic amines) is 1. The summed E-state index contributed by atoms with van der Waals surface area (Å²) < 4.78 is 11.0. The number of nitrogens with one attached hydrogen (secondary N) is 1. The third kappa shape index (κ3) is 6.09. The Kier molecular flexibility index (Phi) is 8.39. The highest BCUT2D eigenvalue weighted by Crippen LogP contribution is 2.31. The molecule has 2 aliphatic rings. The maximum Gasteiger partial charge on any atom is 0.188 e. The van der Waals surface area contributed by atoms with Crippen LogP contribution in [0, 0.1) is 0 Å². The molecule has 3 N–H and O–H groups in total. The fourth-order valence-corrected chi connectivity index (χ4v) is 3.99. The number of morpholine rings is 1. The molecule has 156 valence electrons. The van der Waals surface area contributed by atoms with Crippen LogP contribution in [0.5, 0.6) is 5.75 Å². The van der Waals surface area contributed by atoms with Crippen LogP contribution in [0.3, 0.4) is 0 Å². The van der Waals surface area contributed by atoms with Gasteiger partial charge in [0.2, 0.25) is 0 Å². The van der Waals surface area contributed by atoms with Gasteiger partial charge in [-0.15, -0.1) is 0 Å². The van der Waals surface area contributed by atoms with Crippen molar-refractivity contribution in [3.63, 3.8) is 0 Å². The lowest BCUT2D eigenvalue weighted by atomic mass is 10.0. The summed E-state index contributed by atoms with van der Waals surface area (Å²) in [5, 5.41) is 3.27. The van der Waals surface area contributed by atoms with Crippen LogP contribution >= 0.6 is 0 Å². The molecule has 1 atom stereocenters. The largest absolute Gasteiger partial charge is 0.496 e. The lowest BCUT2D eigenvalue weighted by molar-refractivity contribution is 0.0376. The number of guanidine groups is 1. The molecule has 0 saturated carbocycles. The number of rotatable bonds is 9. The van der Waals surface area contributed by atoms with Gasteiger partial charge in [-0.25, -0.2) is 0 Å². The molecule has 3 rings (SSSR count). The zero-order valence-corrected chi connectivity index (χ0v) is 17.1. The minimum Gasteiger partial charge on any atom is -0.496 e. The highest BCUT2D eigenvalue weighted by molar-refractivity contribution is 5.77. The van der Waals surface area contributed by atoms with Crippen LogP contribution in [0.25, 0.3) is 0 Å². The summed E-state index contributed by atoms with van der Waals surface area (Å²) in [7, 11) is 1.73. The highest BCUT2D eigenvalue weighted by atomic mass is 16.5. The van der Waals surface area contributed by atoms with Gasteiger partial charge in [-0.3, -0.25) is 14.8 Å². The molecule has 0 bridgehead atoms. The minimum atomic E-state index is 0.201. The van der Waals surface area contributed by atoms with Gasteiger partial charge >= 0.3 is 0 Å². The van der Waals surface area contributed by atoms with E-state index in [-0.39, 0.29) is 6.04 Å². The second kappa shape index (κ2) is 11.2. The van der Waals surface area contributed by atoms with Crippen molar-refractivity contribution in [2.45, 2.75) is 25.3 Å². The minimum absolute atomic E-state index is 0.201. The first-order valence-corrected chi connectivity index (χ1v) is 10.5. The smallest absolute Gasteiger partial charge is 0.188 e. The number of nitrogens with zero attached hydrogens (tertiary/aromatic N) is 3. The summed E-state index contributed by atoms with van der Waals surface area (Å²) in [4.78, 5) is 9.58. The number of nitrogens with two attached hydrogens (primary N) is 1. The van der Waals surface area contributed by atoms with Gasteiger partial charge in [-0.1, -0.05) is 18.2 Å². The Balaban J connectivity index is 1.51. The number of hydrogen-bond donors (Lipinski definition) is 2. The van der Waals surface area contributed by atoms with Gasteiger partial charge in [0, 0.05) is 25.2 Å². The molecule has 0 amide bonds. The Hall–Kier alpha value is -1.83. The van der Waals surface area contributed by atoms with E-state index in [4.69, 9.17) is 15.2 Å². The molecule has 0 spiro atoms. The summed E-state index contributed by atoms with van der Waals surface area (Å²) in [6, 6.07) is 8.44. The first kappa shape index (κ1) is 20.9. The molecule has 1 aromatic rings. The second-order valence-electron chi connectivity index (χ2n) is 7.46. The van der Waals surface area contributed by atoms with Gasteiger partial charge in [0.1, 0.15) is 5.75 Å². The number of para-hydroxylation sites is 1. The van der Waals surface area contributed by atoms with Gasteiger partial charge in [0.05, 0.1) is 32.9 Å². The molecule has 0 radical (unpaired) electrons. The monoisotopic (exact) mass is 389 g/mol. The first-order chi connectivity index (χ1) is 13.8. The molecule has 28 heavy (non-hydrogen) atoms. The number of methoxy groups -OCH3 is 1. The van der Waals surface area contributed by atoms with Crippen molar-refractivity contribution in [2.24, 2.45) is 10.7 Å². The van der Waals surface area contributed by atoms with E-state index in [1.54, 1.807) is 7.11 Å². The lowest BCUT2D eigenvalue weighted by Crippen LogP contribution is -2.39. The summed E-state index contributed by atoms with van der Waals surface area (Å²) >= 11 is 0. The quantitative estimate of drug-likeness (QED) is 0.378. The molecule has 2 saturated heterocycles. The van der Waals surface area contributed by atoms with Gasteiger partial charge in [0.15, 0.2) is 5.96 Å². The van der Waals surface area contributed by atoms with Crippen LogP contribution < -0.4 is 15.8 Å². The standard InChI is InChI=1S/C21H35N5O2/c1-27-20-8-3-2-7-18(20)19(26-11-4-5-12-26)17-24-21(22)23-9-6-10-25-13-15-28-16-14-25/h2-3,7-8,19H,4-6,9-17H2,1H3,(H3,22,23,24). The molecule has 2 heterocycles. The van der Waals surface area contributed by atoms with Crippen LogP contribution in [0.15, 0.2) is 29.3 Å². The lowest BCUT2D eigenvalue weighted by Gasteiger charge is -2.28. The average molecular weight is 390 g/mol. The molecule has 2 aliphatic heterocycles. The van der Waals surface area contributed by atoms with Gasteiger partial charge in [0.25, 0.3) is 0 Å². The summed E-state index contributed by atoms with van der Waals surface area (Å²) in [6.45, 7) is 8.51. The third-order valence-electron chi connectivity index (χ3n) is 5.57.